The first-order valence-corrected chi connectivity index (χ1v) is 9.98. The first kappa shape index (κ1) is 26.3. The summed E-state index contributed by atoms with van der Waals surface area (Å²) >= 11 is 0. The van der Waals surface area contributed by atoms with Crippen molar-refractivity contribution in [3.63, 3.8) is 0 Å². The molecule has 2 N–H and O–H groups in total. The van der Waals surface area contributed by atoms with E-state index in [0.29, 0.717) is 26.3 Å². The Kier molecular flexibility index (Phi) is 12.5. The molecule has 0 aliphatic heterocycles. The second kappa shape index (κ2) is 14.3. The molecule has 0 saturated carbocycles. The maximum Gasteiger partial charge on any atom is 0.191 e. The predicted octanol–water partition coefficient (Wildman–Crippen LogP) is 3.59. The molecule has 8 heteroatoms. The lowest BCUT2D eigenvalue weighted by Crippen LogP contribution is -2.41. The summed E-state index contributed by atoms with van der Waals surface area (Å²) in [7, 11) is 5.74. The van der Waals surface area contributed by atoms with Crippen LogP contribution < -0.4 is 15.4 Å². The molecule has 0 spiro atoms. The summed E-state index contributed by atoms with van der Waals surface area (Å²) < 4.78 is 16.5. The van der Waals surface area contributed by atoms with Gasteiger partial charge in [-0.2, -0.15) is 0 Å². The molecule has 0 saturated heterocycles. The van der Waals surface area contributed by atoms with Crippen molar-refractivity contribution >= 4 is 29.9 Å². The molecule has 0 fully saturated rings. The van der Waals surface area contributed by atoms with Crippen molar-refractivity contribution in [3.05, 3.63) is 53.5 Å². The maximum atomic E-state index is 5.88. The average molecular weight is 530 g/mol. The molecule has 0 radical (unpaired) electrons. The SMILES string of the molecule is CCNC(=NCc1ccc(C)cc1OCCOC)NCC(c1ccco1)N(C)C.I. The van der Waals surface area contributed by atoms with Gasteiger partial charge in [-0.15, -0.1) is 24.0 Å². The lowest BCUT2D eigenvalue weighted by molar-refractivity contribution is 0.145. The Bertz CT molecular complexity index is 751. The molecule has 7 nitrogen and oxygen atoms in total. The van der Waals surface area contributed by atoms with Gasteiger partial charge in [0.2, 0.25) is 0 Å². The molecule has 0 bridgehead atoms. The largest absolute Gasteiger partial charge is 0.491 e. The van der Waals surface area contributed by atoms with E-state index < -0.39 is 0 Å². The van der Waals surface area contributed by atoms with E-state index in [1.165, 1.54) is 0 Å². The van der Waals surface area contributed by atoms with Gasteiger partial charge in [-0.25, -0.2) is 4.99 Å². The molecule has 1 aromatic carbocycles. The number of halogens is 1. The predicted molar refractivity (Wildman–Crippen MR) is 132 cm³/mol. The highest BCUT2D eigenvalue weighted by molar-refractivity contribution is 14.0. The zero-order valence-electron chi connectivity index (χ0n) is 18.6. The van der Waals surface area contributed by atoms with Crippen LogP contribution in [0.15, 0.2) is 46.0 Å². The number of aliphatic imine (C=N–C) groups is 1. The van der Waals surface area contributed by atoms with Crippen LogP contribution in [-0.2, 0) is 11.3 Å². The fourth-order valence-electron chi connectivity index (χ4n) is 2.88. The third-order valence-corrected chi connectivity index (χ3v) is 4.48. The van der Waals surface area contributed by atoms with Gasteiger partial charge in [0, 0.05) is 25.8 Å². The van der Waals surface area contributed by atoms with Gasteiger partial charge in [-0.1, -0.05) is 12.1 Å². The quantitative estimate of drug-likeness (QED) is 0.200. The molecule has 1 aromatic heterocycles. The second-order valence-electron chi connectivity index (χ2n) is 7.02. The van der Waals surface area contributed by atoms with E-state index in [9.17, 15) is 0 Å². The fraction of sp³-hybridized carbons (Fsp3) is 0.500. The molecule has 1 atom stereocenters. The van der Waals surface area contributed by atoms with Crippen LogP contribution >= 0.6 is 24.0 Å². The van der Waals surface area contributed by atoms with Crippen LogP contribution in [0.2, 0.25) is 0 Å². The van der Waals surface area contributed by atoms with Gasteiger partial charge in [-0.05, 0) is 51.7 Å². The Balaban J connectivity index is 0.00000450. The summed E-state index contributed by atoms with van der Waals surface area (Å²) in [6.45, 7) is 7.16. The average Bonchev–Trinajstić information content (AvgIpc) is 3.21. The Morgan fingerprint density at radius 1 is 1.20 bits per heavy atom. The zero-order chi connectivity index (χ0) is 21.1. The van der Waals surface area contributed by atoms with Crippen LogP contribution in [0.5, 0.6) is 5.75 Å². The summed E-state index contributed by atoms with van der Waals surface area (Å²) in [5, 5.41) is 6.72. The Morgan fingerprint density at radius 2 is 2.00 bits per heavy atom. The summed E-state index contributed by atoms with van der Waals surface area (Å²) in [6, 6.07) is 10.2. The van der Waals surface area contributed by atoms with Crippen molar-refractivity contribution in [2.75, 3.05) is 47.5 Å². The molecule has 2 rings (SSSR count). The van der Waals surface area contributed by atoms with Crippen LogP contribution in [0.4, 0.5) is 0 Å². The van der Waals surface area contributed by atoms with Gasteiger partial charge in [0.15, 0.2) is 5.96 Å². The summed E-state index contributed by atoms with van der Waals surface area (Å²) in [5.74, 6) is 2.53. The number of guanidine groups is 1. The van der Waals surface area contributed by atoms with Crippen molar-refractivity contribution in [2.45, 2.75) is 26.4 Å². The first-order valence-electron chi connectivity index (χ1n) is 9.98. The summed E-state index contributed by atoms with van der Waals surface area (Å²) in [5.41, 5.74) is 2.20. The number of rotatable bonds is 11. The highest BCUT2D eigenvalue weighted by atomic mass is 127. The highest BCUT2D eigenvalue weighted by Crippen LogP contribution is 2.21. The molecule has 0 amide bonds. The van der Waals surface area contributed by atoms with Gasteiger partial charge in [0.1, 0.15) is 18.1 Å². The van der Waals surface area contributed by atoms with Crippen molar-refractivity contribution in [1.29, 1.82) is 0 Å². The number of hydrogen-bond acceptors (Lipinski definition) is 5. The van der Waals surface area contributed by atoms with Crippen molar-refractivity contribution < 1.29 is 13.9 Å². The maximum absolute atomic E-state index is 5.88. The van der Waals surface area contributed by atoms with Gasteiger partial charge in [0.05, 0.1) is 25.5 Å². The number of hydrogen-bond donors (Lipinski definition) is 2. The van der Waals surface area contributed by atoms with E-state index in [1.807, 2.05) is 32.3 Å². The minimum atomic E-state index is 0. The molecular formula is C22H35IN4O3. The van der Waals surface area contributed by atoms with Gasteiger partial charge < -0.3 is 24.5 Å². The normalized spacial score (nSPS) is 12.4. The van der Waals surface area contributed by atoms with E-state index in [4.69, 9.17) is 18.9 Å². The molecule has 2 aromatic rings. The topological polar surface area (TPSA) is 71.3 Å². The lowest BCUT2D eigenvalue weighted by Gasteiger charge is -2.23. The number of nitrogens with zero attached hydrogens (tertiary/aromatic N) is 2. The molecule has 0 aliphatic rings. The number of likely N-dealkylation sites (N-methyl/N-ethyl adjacent to an activating group) is 1. The van der Waals surface area contributed by atoms with E-state index in [2.05, 4.69) is 41.5 Å². The smallest absolute Gasteiger partial charge is 0.191 e. The number of benzene rings is 1. The standard InChI is InChI=1S/C22H34N4O3.HI/c1-6-23-22(25-16-19(26(3)4)20-8-7-11-28-20)24-15-18-10-9-17(2)14-21(18)29-13-12-27-5;/h7-11,14,19H,6,12-13,15-16H2,1-5H3,(H2,23,24,25);1H. The third-order valence-electron chi connectivity index (χ3n) is 4.48. The summed E-state index contributed by atoms with van der Waals surface area (Å²) in [6.07, 6.45) is 1.70. The minimum Gasteiger partial charge on any atom is -0.491 e. The van der Waals surface area contributed by atoms with Crippen LogP contribution in [0.1, 0.15) is 29.9 Å². The summed E-state index contributed by atoms with van der Waals surface area (Å²) in [4.78, 5) is 6.87. The van der Waals surface area contributed by atoms with Crippen LogP contribution in [-0.4, -0.2) is 58.4 Å². The Labute approximate surface area is 197 Å². The zero-order valence-corrected chi connectivity index (χ0v) is 20.9. The third kappa shape index (κ3) is 8.53. The van der Waals surface area contributed by atoms with E-state index >= 15 is 0 Å². The molecule has 1 unspecified atom stereocenters. The van der Waals surface area contributed by atoms with Crippen LogP contribution in [0.3, 0.4) is 0 Å². The van der Waals surface area contributed by atoms with E-state index in [0.717, 1.165) is 35.1 Å². The molecule has 30 heavy (non-hydrogen) atoms. The second-order valence-corrected chi connectivity index (χ2v) is 7.02. The van der Waals surface area contributed by atoms with Crippen molar-refractivity contribution in [1.82, 2.24) is 15.5 Å². The van der Waals surface area contributed by atoms with Crippen molar-refractivity contribution in [3.8, 4) is 5.75 Å². The first-order chi connectivity index (χ1) is 14.0. The number of aryl methyl sites for hydroxylation is 1. The molecule has 0 aliphatic carbocycles. The number of furan rings is 1. The molecular weight excluding hydrogens is 495 g/mol. The van der Waals surface area contributed by atoms with E-state index in [-0.39, 0.29) is 30.0 Å². The molecule has 1 heterocycles. The minimum absolute atomic E-state index is 0. The molecule has 168 valence electrons. The Morgan fingerprint density at radius 3 is 2.63 bits per heavy atom. The van der Waals surface area contributed by atoms with Crippen molar-refractivity contribution in [2.24, 2.45) is 4.99 Å². The van der Waals surface area contributed by atoms with Crippen LogP contribution in [0.25, 0.3) is 0 Å². The number of nitrogens with one attached hydrogen (secondary N) is 2. The van der Waals surface area contributed by atoms with Crippen LogP contribution in [0, 0.1) is 6.92 Å². The van der Waals surface area contributed by atoms with E-state index in [1.54, 1.807) is 13.4 Å². The van der Waals surface area contributed by atoms with Gasteiger partial charge in [-0.3, -0.25) is 4.90 Å². The lowest BCUT2D eigenvalue weighted by atomic mass is 10.1. The van der Waals surface area contributed by atoms with Gasteiger partial charge in [0.25, 0.3) is 0 Å². The highest BCUT2D eigenvalue weighted by Gasteiger charge is 2.17. The monoisotopic (exact) mass is 530 g/mol. The number of ether oxygens (including phenoxy) is 2. The van der Waals surface area contributed by atoms with Gasteiger partial charge >= 0.3 is 0 Å². The Hall–Kier alpha value is -1.78. The fourth-order valence-corrected chi connectivity index (χ4v) is 2.88. The number of methoxy groups -OCH3 is 1.